The summed E-state index contributed by atoms with van der Waals surface area (Å²) < 4.78 is 0. The van der Waals surface area contributed by atoms with Crippen LogP contribution in [0.4, 0.5) is 4.79 Å². The van der Waals surface area contributed by atoms with Gasteiger partial charge in [0, 0.05) is 37.6 Å². The summed E-state index contributed by atoms with van der Waals surface area (Å²) in [6.07, 6.45) is 1.56. The Morgan fingerprint density at radius 2 is 2.29 bits per heavy atom. The molecule has 0 bridgehead atoms. The third kappa shape index (κ3) is 3.88. The molecule has 1 aliphatic rings. The number of aromatic nitrogens is 4. The van der Waals surface area contributed by atoms with Gasteiger partial charge in [0.2, 0.25) is 0 Å². The molecule has 0 spiro atoms. The Labute approximate surface area is 104 Å². The zero-order chi connectivity index (χ0) is 11.9. The number of aromatic amines is 1. The van der Waals surface area contributed by atoms with Crippen molar-refractivity contribution in [2.24, 2.45) is 0 Å². The quantitative estimate of drug-likeness (QED) is 0.734. The summed E-state index contributed by atoms with van der Waals surface area (Å²) in [4.78, 5) is 13.6. The average molecular weight is 256 g/mol. The largest absolute Gasteiger partial charge is 0.338 e. The van der Waals surface area contributed by atoms with Gasteiger partial charge in [0.25, 0.3) is 0 Å². The van der Waals surface area contributed by atoms with Crippen molar-refractivity contribution >= 4 is 17.8 Å². The lowest BCUT2D eigenvalue weighted by Crippen LogP contribution is -2.44. The second kappa shape index (κ2) is 6.43. The van der Waals surface area contributed by atoms with Crippen LogP contribution in [0, 0.1) is 0 Å². The highest BCUT2D eigenvalue weighted by Gasteiger charge is 2.15. The molecule has 0 aliphatic carbocycles. The number of amides is 2. The topological polar surface area (TPSA) is 86.8 Å². The van der Waals surface area contributed by atoms with E-state index in [1.54, 1.807) is 0 Å². The van der Waals surface area contributed by atoms with Crippen LogP contribution in [0.5, 0.6) is 0 Å². The van der Waals surface area contributed by atoms with Crippen molar-refractivity contribution < 1.29 is 4.79 Å². The van der Waals surface area contributed by atoms with Crippen LogP contribution in [0.2, 0.25) is 0 Å². The Morgan fingerprint density at radius 1 is 1.47 bits per heavy atom. The van der Waals surface area contributed by atoms with E-state index in [0.717, 1.165) is 37.4 Å². The van der Waals surface area contributed by atoms with E-state index >= 15 is 0 Å². The van der Waals surface area contributed by atoms with Gasteiger partial charge in [-0.25, -0.2) is 4.79 Å². The molecule has 2 heterocycles. The van der Waals surface area contributed by atoms with Crippen LogP contribution >= 0.6 is 11.8 Å². The summed E-state index contributed by atoms with van der Waals surface area (Å²) in [5.41, 5.74) is 0. The van der Waals surface area contributed by atoms with E-state index in [4.69, 9.17) is 0 Å². The Morgan fingerprint density at radius 3 is 3.00 bits per heavy atom. The number of carbonyl (C=O) groups is 1. The predicted molar refractivity (Wildman–Crippen MR) is 64.8 cm³/mol. The maximum Gasteiger partial charge on any atom is 0.317 e. The SMILES string of the molecule is O=C(NCCCc1nn[nH]n1)N1CCSCC1. The number of rotatable bonds is 4. The van der Waals surface area contributed by atoms with Gasteiger partial charge in [-0.2, -0.15) is 17.0 Å². The first-order valence-electron chi connectivity index (χ1n) is 5.69. The van der Waals surface area contributed by atoms with Gasteiger partial charge in [0.1, 0.15) is 0 Å². The number of H-pyrrole nitrogens is 1. The number of nitrogens with zero attached hydrogens (tertiary/aromatic N) is 4. The lowest BCUT2D eigenvalue weighted by molar-refractivity contribution is 0.203. The van der Waals surface area contributed by atoms with E-state index in [2.05, 4.69) is 25.9 Å². The summed E-state index contributed by atoms with van der Waals surface area (Å²) in [6, 6.07) is 0.0402. The zero-order valence-electron chi connectivity index (χ0n) is 9.56. The number of urea groups is 1. The first-order chi connectivity index (χ1) is 8.36. The van der Waals surface area contributed by atoms with E-state index in [0.29, 0.717) is 12.4 Å². The molecule has 2 N–H and O–H groups in total. The minimum absolute atomic E-state index is 0.0402. The lowest BCUT2D eigenvalue weighted by Gasteiger charge is -2.26. The fraction of sp³-hybridized carbons (Fsp3) is 0.778. The Balaban J connectivity index is 1.59. The van der Waals surface area contributed by atoms with E-state index in [9.17, 15) is 4.79 Å². The zero-order valence-corrected chi connectivity index (χ0v) is 10.4. The van der Waals surface area contributed by atoms with Gasteiger partial charge >= 0.3 is 6.03 Å². The molecule has 94 valence electrons. The van der Waals surface area contributed by atoms with Crippen molar-refractivity contribution in [1.29, 1.82) is 0 Å². The fourth-order valence-electron chi connectivity index (χ4n) is 1.61. The van der Waals surface area contributed by atoms with E-state index in [1.807, 2.05) is 16.7 Å². The van der Waals surface area contributed by atoms with Gasteiger partial charge in [-0.3, -0.25) is 0 Å². The predicted octanol–water partition coefficient (Wildman–Crippen LogP) is -0.109. The second-order valence-electron chi connectivity index (χ2n) is 3.76. The number of thioether (sulfide) groups is 1. The van der Waals surface area contributed by atoms with Gasteiger partial charge in [-0.15, -0.1) is 10.2 Å². The second-order valence-corrected chi connectivity index (χ2v) is 4.99. The van der Waals surface area contributed by atoms with Gasteiger partial charge < -0.3 is 10.2 Å². The number of carbonyl (C=O) groups excluding carboxylic acids is 1. The minimum atomic E-state index is 0.0402. The third-order valence-corrected chi connectivity index (χ3v) is 3.48. The number of aryl methyl sites for hydroxylation is 1. The molecule has 0 unspecified atom stereocenters. The van der Waals surface area contributed by atoms with Crippen LogP contribution in [0.25, 0.3) is 0 Å². The van der Waals surface area contributed by atoms with E-state index in [1.165, 1.54) is 0 Å². The number of hydrogen-bond donors (Lipinski definition) is 2. The number of hydrogen-bond acceptors (Lipinski definition) is 5. The van der Waals surface area contributed by atoms with Crippen molar-refractivity contribution in [3.63, 3.8) is 0 Å². The van der Waals surface area contributed by atoms with Crippen LogP contribution in [-0.2, 0) is 6.42 Å². The molecular formula is C9H16N6OS. The Kier molecular flexibility index (Phi) is 4.60. The first kappa shape index (κ1) is 12.2. The molecule has 0 radical (unpaired) electrons. The smallest absolute Gasteiger partial charge is 0.317 e. The molecule has 1 fully saturated rings. The monoisotopic (exact) mass is 256 g/mol. The van der Waals surface area contributed by atoms with Crippen molar-refractivity contribution in [1.82, 2.24) is 30.8 Å². The molecule has 1 aromatic heterocycles. The fourth-order valence-corrected chi connectivity index (χ4v) is 2.51. The maximum atomic E-state index is 11.7. The molecule has 0 aromatic carbocycles. The summed E-state index contributed by atoms with van der Waals surface area (Å²) in [6.45, 7) is 2.35. The molecule has 2 amide bonds. The molecule has 1 aromatic rings. The van der Waals surface area contributed by atoms with Crippen molar-refractivity contribution in [3.05, 3.63) is 5.82 Å². The van der Waals surface area contributed by atoms with Crippen LogP contribution in [0.3, 0.4) is 0 Å². The highest BCUT2D eigenvalue weighted by Crippen LogP contribution is 2.08. The van der Waals surface area contributed by atoms with Crippen LogP contribution in [0.1, 0.15) is 12.2 Å². The average Bonchev–Trinajstić information content (AvgIpc) is 2.88. The Hall–Kier alpha value is -1.31. The molecule has 0 atom stereocenters. The summed E-state index contributed by atoms with van der Waals surface area (Å²) in [7, 11) is 0. The molecule has 17 heavy (non-hydrogen) atoms. The van der Waals surface area contributed by atoms with Crippen LogP contribution < -0.4 is 5.32 Å². The first-order valence-corrected chi connectivity index (χ1v) is 6.84. The van der Waals surface area contributed by atoms with Gasteiger partial charge in [0.15, 0.2) is 5.82 Å². The van der Waals surface area contributed by atoms with Crippen molar-refractivity contribution in [3.8, 4) is 0 Å². The third-order valence-electron chi connectivity index (χ3n) is 2.54. The van der Waals surface area contributed by atoms with Gasteiger partial charge in [0.05, 0.1) is 0 Å². The number of nitrogens with one attached hydrogen (secondary N) is 2. The van der Waals surface area contributed by atoms with Crippen LogP contribution in [-0.4, -0.2) is 62.7 Å². The summed E-state index contributed by atoms with van der Waals surface area (Å²) in [5, 5.41) is 16.5. The van der Waals surface area contributed by atoms with Gasteiger partial charge in [-0.1, -0.05) is 5.21 Å². The molecule has 1 saturated heterocycles. The summed E-state index contributed by atoms with van der Waals surface area (Å²) >= 11 is 1.89. The maximum absolute atomic E-state index is 11.7. The molecule has 0 saturated carbocycles. The normalized spacial score (nSPS) is 15.9. The minimum Gasteiger partial charge on any atom is -0.338 e. The highest BCUT2D eigenvalue weighted by molar-refractivity contribution is 7.99. The molecule has 8 heteroatoms. The molecular weight excluding hydrogens is 240 g/mol. The van der Waals surface area contributed by atoms with Crippen molar-refractivity contribution in [2.75, 3.05) is 31.1 Å². The highest BCUT2D eigenvalue weighted by atomic mass is 32.2. The lowest BCUT2D eigenvalue weighted by atomic mass is 10.3. The molecule has 7 nitrogen and oxygen atoms in total. The standard InChI is InChI=1S/C9H16N6OS/c16-9(15-4-6-17-7-5-15)10-3-1-2-8-11-13-14-12-8/h1-7H2,(H,10,16)(H,11,12,13,14). The Bertz CT molecular complexity index is 337. The molecule has 2 rings (SSSR count). The summed E-state index contributed by atoms with van der Waals surface area (Å²) in [5.74, 6) is 2.76. The van der Waals surface area contributed by atoms with Crippen molar-refractivity contribution in [2.45, 2.75) is 12.8 Å². The van der Waals surface area contributed by atoms with Gasteiger partial charge in [-0.05, 0) is 6.42 Å². The van der Waals surface area contributed by atoms with Crippen LogP contribution in [0.15, 0.2) is 0 Å². The van der Waals surface area contributed by atoms with E-state index in [-0.39, 0.29) is 6.03 Å². The van der Waals surface area contributed by atoms with E-state index < -0.39 is 0 Å². The number of tetrazole rings is 1. The molecule has 1 aliphatic heterocycles.